The van der Waals surface area contributed by atoms with E-state index in [0.29, 0.717) is 18.5 Å². The molecule has 1 atom stereocenters. The van der Waals surface area contributed by atoms with Gasteiger partial charge in [-0.2, -0.15) is 5.10 Å². The van der Waals surface area contributed by atoms with Crippen molar-refractivity contribution in [1.82, 2.24) is 5.01 Å². The molecule has 22 heavy (non-hydrogen) atoms. The summed E-state index contributed by atoms with van der Waals surface area (Å²) in [5.74, 6) is -0.394. The number of hydrogen-bond donors (Lipinski definition) is 1. The number of benzene rings is 1. The molecule has 0 spiro atoms. The third-order valence-corrected chi connectivity index (χ3v) is 3.34. The van der Waals surface area contributed by atoms with E-state index in [4.69, 9.17) is 9.84 Å². The lowest BCUT2D eigenvalue weighted by Gasteiger charge is -2.31. The van der Waals surface area contributed by atoms with Gasteiger partial charge in [-0.25, -0.2) is 9.59 Å². The molecule has 1 saturated heterocycles. The predicted octanol–water partition coefficient (Wildman–Crippen LogP) is 2.31. The molecule has 1 N–H and O–H groups in total. The van der Waals surface area contributed by atoms with E-state index in [1.807, 2.05) is 0 Å². The van der Waals surface area contributed by atoms with Gasteiger partial charge in [0.1, 0.15) is 0 Å². The van der Waals surface area contributed by atoms with Gasteiger partial charge >= 0.3 is 12.1 Å². The van der Waals surface area contributed by atoms with E-state index in [1.165, 1.54) is 7.11 Å². The molecule has 1 aromatic carbocycles. The molecular formula is C15H18N2O5. The Bertz CT molecular complexity index is 556. The lowest BCUT2D eigenvalue weighted by molar-refractivity contribution is -0.0538. The van der Waals surface area contributed by atoms with Crippen LogP contribution in [0.2, 0.25) is 0 Å². The molecule has 1 aliphatic heterocycles. The van der Waals surface area contributed by atoms with E-state index in [2.05, 4.69) is 9.84 Å². The Balaban J connectivity index is 2.02. The Labute approximate surface area is 128 Å². The second-order valence-electron chi connectivity index (χ2n) is 4.86. The van der Waals surface area contributed by atoms with Crippen LogP contribution < -0.4 is 0 Å². The molecule has 1 aliphatic rings. The molecule has 0 amide bonds. The molecule has 1 fully saturated rings. The fraction of sp³-hybridized carbons (Fsp3) is 0.400. The summed E-state index contributed by atoms with van der Waals surface area (Å²) in [4.78, 5) is 22.0. The monoisotopic (exact) mass is 306 g/mol. The van der Waals surface area contributed by atoms with Gasteiger partial charge in [-0.1, -0.05) is 12.1 Å². The van der Waals surface area contributed by atoms with Crippen LogP contribution in [0, 0.1) is 0 Å². The maximum atomic E-state index is 11.3. The van der Waals surface area contributed by atoms with Crippen LogP contribution in [0.1, 0.15) is 35.2 Å². The number of hydrazone groups is 1. The average molecular weight is 306 g/mol. The van der Waals surface area contributed by atoms with E-state index >= 15 is 0 Å². The molecule has 2 rings (SSSR count). The molecule has 0 bridgehead atoms. The number of esters is 1. The van der Waals surface area contributed by atoms with E-state index in [-0.39, 0.29) is 0 Å². The van der Waals surface area contributed by atoms with E-state index in [0.717, 1.165) is 18.4 Å². The molecular weight excluding hydrogens is 288 g/mol. The number of piperidine rings is 1. The highest BCUT2D eigenvalue weighted by molar-refractivity contribution is 5.90. The van der Waals surface area contributed by atoms with Crippen molar-refractivity contribution in [2.45, 2.75) is 25.5 Å². The van der Waals surface area contributed by atoms with Crippen molar-refractivity contribution in [2.24, 2.45) is 5.10 Å². The van der Waals surface area contributed by atoms with Crippen LogP contribution >= 0.6 is 0 Å². The number of rotatable bonds is 4. The first-order valence-electron chi connectivity index (χ1n) is 6.98. The quantitative estimate of drug-likeness (QED) is 0.678. The number of carbonyl (C=O) groups is 2. The highest BCUT2D eigenvalue weighted by Crippen LogP contribution is 2.18. The van der Waals surface area contributed by atoms with Gasteiger partial charge in [0, 0.05) is 13.0 Å². The Morgan fingerprint density at radius 1 is 1.32 bits per heavy atom. The standard InChI is InChI=1S/C15H18N2O5/c1-21-14(18)12-7-5-11(6-8-12)10-16-17-9-3-2-4-13(17)22-15(19)20/h5-8,10,13H,2-4,9H2,1H3,(H,19,20)/b16-10+. The number of carboxylic acid groups (broad SMARTS) is 1. The molecule has 7 heteroatoms. The van der Waals surface area contributed by atoms with Crippen molar-refractivity contribution in [1.29, 1.82) is 0 Å². The second-order valence-corrected chi connectivity index (χ2v) is 4.86. The number of carbonyl (C=O) groups excluding carboxylic acids is 1. The summed E-state index contributed by atoms with van der Waals surface area (Å²) in [7, 11) is 1.33. The summed E-state index contributed by atoms with van der Waals surface area (Å²) < 4.78 is 9.45. The number of ether oxygens (including phenoxy) is 2. The zero-order valence-corrected chi connectivity index (χ0v) is 12.3. The van der Waals surface area contributed by atoms with Crippen molar-refractivity contribution in [2.75, 3.05) is 13.7 Å². The van der Waals surface area contributed by atoms with Crippen molar-refractivity contribution >= 4 is 18.3 Å². The maximum absolute atomic E-state index is 11.3. The number of hydrogen-bond acceptors (Lipinski definition) is 6. The Morgan fingerprint density at radius 2 is 2.05 bits per heavy atom. The normalized spacial score (nSPS) is 18.2. The minimum atomic E-state index is -1.30. The number of methoxy groups -OCH3 is 1. The van der Waals surface area contributed by atoms with Crippen molar-refractivity contribution in [3.63, 3.8) is 0 Å². The van der Waals surface area contributed by atoms with Crippen molar-refractivity contribution < 1.29 is 24.2 Å². The molecule has 0 radical (unpaired) electrons. The topological polar surface area (TPSA) is 88.4 Å². The summed E-state index contributed by atoms with van der Waals surface area (Å²) in [6, 6.07) is 6.78. The second kappa shape index (κ2) is 7.44. The van der Waals surface area contributed by atoms with Gasteiger partial charge < -0.3 is 14.6 Å². The summed E-state index contributed by atoms with van der Waals surface area (Å²) >= 11 is 0. The fourth-order valence-corrected chi connectivity index (χ4v) is 2.22. The van der Waals surface area contributed by atoms with Crippen molar-refractivity contribution in [3.05, 3.63) is 35.4 Å². The summed E-state index contributed by atoms with van der Waals surface area (Å²) in [6.07, 6.45) is 2.26. The SMILES string of the molecule is COC(=O)c1ccc(/C=N/N2CCCCC2OC(=O)O)cc1. The van der Waals surface area contributed by atoms with Gasteiger partial charge in [-0.05, 0) is 30.5 Å². The molecule has 0 aromatic heterocycles. The molecule has 0 aliphatic carbocycles. The first-order valence-corrected chi connectivity index (χ1v) is 6.98. The maximum Gasteiger partial charge on any atom is 0.507 e. The van der Waals surface area contributed by atoms with Gasteiger partial charge in [-0.15, -0.1) is 0 Å². The number of nitrogens with zero attached hydrogens (tertiary/aromatic N) is 2. The summed E-state index contributed by atoms with van der Waals surface area (Å²) in [5, 5.41) is 14.6. The lowest BCUT2D eigenvalue weighted by atomic mass is 10.1. The third kappa shape index (κ3) is 4.21. The third-order valence-electron chi connectivity index (χ3n) is 3.34. The van der Waals surface area contributed by atoms with Gasteiger partial charge in [0.15, 0.2) is 6.23 Å². The van der Waals surface area contributed by atoms with Gasteiger partial charge in [0.2, 0.25) is 0 Å². The minimum Gasteiger partial charge on any atom is -0.465 e. The van der Waals surface area contributed by atoms with Crippen LogP contribution in [0.15, 0.2) is 29.4 Å². The minimum absolute atomic E-state index is 0.394. The first-order chi connectivity index (χ1) is 10.6. The van der Waals surface area contributed by atoms with Crippen LogP contribution in [0.25, 0.3) is 0 Å². The molecule has 1 aromatic rings. The molecule has 0 saturated carbocycles. The van der Waals surface area contributed by atoms with Crippen LogP contribution in [0.4, 0.5) is 4.79 Å². The zero-order chi connectivity index (χ0) is 15.9. The molecule has 118 valence electrons. The van der Waals surface area contributed by atoms with Gasteiger partial charge in [0.25, 0.3) is 0 Å². The van der Waals surface area contributed by atoms with Crippen LogP contribution in [-0.2, 0) is 9.47 Å². The highest BCUT2D eigenvalue weighted by Gasteiger charge is 2.24. The van der Waals surface area contributed by atoms with E-state index in [1.54, 1.807) is 35.5 Å². The largest absolute Gasteiger partial charge is 0.507 e. The predicted molar refractivity (Wildman–Crippen MR) is 78.8 cm³/mol. The average Bonchev–Trinajstić information content (AvgIpc) is 2.53. The van der Waals surface area contributed by atoms with Gasteiger partial charge in [-0.3, -0.25) is 5.01 Å². The summed E-state index contributed by atoms with van der Waals surface area (Å²) in [6.45, 7) is 0.648. The fourth-order valence-electron chi connectivity index (χ4n) is 2.22. The molecule has 1 unspecified atom stereocenters. The Morgan fingerprint density at radius 3 is 2.68 bits per heavy atom. The smallest absolute Gasteiger partial charge is 0.465 e. The van der Waals surface area contributed by atoms with Crippen molar-refractivity contribution in [3.8, 4) is 0 Å². The zero-order valence-electron chi connectivity index (χ0n) is 12.3. The van der Waals surface area contributed by atoms with Crippen LogP contribution in [0.3, 0.4) is 0 Å². The van der Waals surface area contributed by atoms with E-state index < -0.39 is 18.4 Å². The Hall–Kier alpha value is -2.57. The Kier molecular flexibility index (Phi) is 5.35. The van der Waals surface area contributed by atoms with Gasteiger partial charge in [0.05, 0.1) is 18.9 Å². The highest BCUT2D eigenvalue weighted by atomic mass is 16.7. The summed E-state index contributed by atoms with van der Waals surface area (Å²) in [5.41, 5.74) is 1.26. The van der Waals surface area contributed by atoms with Crippen LogP contribution in [-0.4, -0.2) is 48.3 Å². The lowest BCUT2D eigenvalue weighted by Crippen LogP contribution is -2.38. The van der Waals surface area contributed by atoms with Crippen LogP contribution in [0.5, 0.6) is 0 Å². The molecule has 1 heterocycles. The first kappa shape index (κ1) is 15.8. The van der Waals surface area contributed by atoms with E-state index in [9.17, 15) is 9.59 Å². The molecule has 7 nitrogen and oxygen atoms in total.